The van der Waals surface area contributed by atoms with E-state index in [4.69, 9.17) is 10.5 Å². The maximum atomic E-state index is 5.59. The van der Waals surface area contributed by atoms with Crippen LogP contribution in [0.3, 0.4) is 0 Å². The van der Waals surface area contributed by atoms with Crippen molar-refractivity contribution in [2.24, 2.45) is 5.73 Å². The summed E-state index contributed by atoms with van der Waals surface area (Å²) in [5.41, 5.74) is 6.59. The van der Waals surface area contributed by atoms with E-state index >= 15 is 0 Å². The van der Waals surface area contributed by atoms with Gasteiger partial charge in [0, 0.05) is 11.7 Å². The topological polar surface area (TPSA) is 51.0 Å². The number of methoxy groups -OCH3 is 1. The summed E-state index contributed by atoms with van der Waals surface area (Å²) in [4.78, 5) is 3.02. The second-order valence-electron chi connectivity index (χ2n) is 2.27. The van der Waals surface area contributed by atoms with Gasteiger partial charge in [-0.3, -0.25) is 0 Å². The van der Waals surface area contributed by atoms with Gasteiger partial charge < -0.3 is 15.5 Å². The lowest BCUT2D eigenvalue weighted by atomic mass is 10.3. The van der Waals surface area contributed by atoms with Crippen molar-refractivity contribution in [3.8, 4) is 5.88 Å². The van der Waals surface area contributed by atoms with Crippen molar-refractivity contribution in [2.45, 2.75) is 13.0 Å². The maximum absolute atomic E-state index is 5.59. The van der Waals surface area contributed by atoms with Crippen LogP contribution >= 0.6 is 0 Å². The van der Waals surface area contributed by atoms with Crippen LogP contribution in [0.4, 0.5) is 0 Å². The molecule has 0 aliphatic heterocycles. The molecule has 0 saturated heterocycles. The third-order valence-electron chi connectivity index (χ3n) is 1.39. The molecule has 3 nitrogen and oxygen atoms in total. The van der Waals surface area contributed by atoms with E-state index in [1.165, 1.54) is 0 Å². The zero-order chi connectivity index (χ0) is 7.56. The van der Waals surface area contributed by atoms with Gasteiger partial charge in [-0.25, -0.2) is 0 Å². The summed E-state index contributed by atoms with van der Waals surface area (Å²) in [5.74, 6) is 0.757. The molecule has 0 aliphatic carbocycles. The van der Waals surface area contributed by atoms with E-state index in [-0.39, 0.29) is 6.04 Å². The summed E-state index contributed by atoms with van der Waals surface area (Å²) in [6, 6.07) is 3.83. The highest BCUT2D eigenvalue weighted by Crippen LogP contribution is 2.13. The zero-order valence-corrected chi connectivity index (χ0v) is 6.22. The number of ether oxygens (including phenoxy) is 1. The Hall–Kier alpha value is -0.960. The SMILES string of the molecule is COc1ccc(C(C)N)[nH]1. The number of H-pyrrole nitrogens is 1. The molecule has 0 aliphatic rings. The van der Waals surface area contributed by atoms with Gasteiger partial charge in [-0.05, 0) is 19.1 Å². The lowest BCUT2D eigenvalue weighted by Gasteiger charge is -1.99. The largest absolute Gasteiger partial charge is 0.482 e. The summed E-state index contributed by atoms with van der Waals surface area (Å²) in [7, 11) is 1.62. The van der Waals surface area contributed by atoms with Gasteiger partial charge in [-0.1, -0.05) is 0 Å². The van der Waals surface area contributed by atoms with Crippen LogP contribution in [0.1, 0.15) is 18.7 Å². The molecule has 0 saturated carbocycles. The van der Waals surface area contributed by atoms with E-state index in [9.17, 15) is 0 Å². The predicted octanol–water partition coefficient (Wildman–Crippen LogP) is 1.04. The third-order valence-corrected chi connectivity index (χ3v) is 1.39. The van der Waals surface area contributed by atoms with E-state index in [0.29, 0.717) is 0 Å². The first kappa shape index (κ1) is 7.15. The molecule has 0 amide bonds. The van der Waals surface area contributed by atoms with E-state index in [1.54, 1.807) is 7.11 Å². The van der Waals surface area contributed by atoms with Gasteiger partial charge in [0.05, 0.1) is 7.11 Å². The minimum Gasteiger partial charge on any atom is -0.482 e. The molecule has 0 bridgehead atoms. The molecule has 1 aromatic rings. The first-order chi connectivity index (χ1) is 4.74. The molecular weight excluding hydrogens is 128 g/mol. The quantitative estimate of drug-likeness (QED) is 0.645. The minimum atomic E-state index is 0.0453. The highest BCUT2D eigenvalue weighted by molar-refractivity contribution is 5.19. The van der Waals surface area contributed by atoms with Gasteiger partial charge in [0.25, 0.3) is 0 Å². The standard InChI is InChI=1S/C7H12N2O/c1-5(8)6-3-4-7(9-6)10-2/h3-5,9H,8H2,1-2H3. The molecule has 0 radical (unpaired) electrons. The van der Waals surface area contributed by atoms with Crippen LogP contribution in [0.5, 0.6) is 5.88 Å². The van der Waals surface area contributed by atoms with Gasteiger partial charge in [-0.2, -0.15) is 0 Å². The fourth-order valence-electron chi connectivity index (χ4n) is 0.776. The average molecular weight is 140 g/mol. The maximum Gasteiger partial charge on any atom is 0.190 e. The molecule has 1 heterocycles. The van der Waals surface area contributed by atoms with Gasteiger partial charge in [0.2, 0.25) is 0 Å². The molecule has 0 aromatic carbocycles. The summed E-state index contributed by atoms with van der Waals surface area (Å²) >= 11 is 0. The van der Waals surface area contributed by atoms with Crippen LogP contribution in [0.25, 0.3) is 0 Å². The number of hydrogen-bond acceptors (Lipinski definition) is 2. The summed E-state index contributed by atoms with van der Waals surface area (Å²) < 4.78 is 4.93. The van der Waals surface area contributed by atoms with Crippen LogP contribution in [0, 0.1) is 0 Å². The zero-order valence-electron chi connectivity index (χ0n) is 6.22. The second-order valence-corrected chi connectivity index (χ2v) is 2.27. The summed E-state index contributed by atoms with van der Waals surface area (Å²) in [5, 5.41) is 0. The van der Waals surface area contributed by atoms with Crippen molar-refractivity contribution in [3.63, 3.8) is 0 Å². The number of rotatable bonds is 2. The lowest BCUT2D eigenvalue weighted by Crippen LogP contribution is -2.04. The number of hydrogen-bond donors (Lipinski definition) is 2. The third kappa shape index (κ3) is 1.30. The van der Waals surface area contributed by atoms with E-state index < -0.39 is 0 Å². The molecule has 0 fully saturated rings. The van der Waals surface area contributed by atoms with Crippen molar-refractivity contribution >= 4 is 0 Å². The van der Waals surface area contributed by atoms with Crippen LogP contribution in [0.15, 0.2) is 12.1 Å². The molecule has 1 unspecified atom stereocenters. The number of nitrogens with two attached hydrogens (primary N) is 1. The van der Waals surface area contributed by atoms with E-state index in [1.807, 2.05) is 19.1 Å². The Balaban J connectivity index is 2.78. The number of aromatic amines is 1. The Kier molecular flexibility index (Phi) is 1.97. The van der Waals surface area contributed by atoms with Crippen molar-refractivity contribution in [1.82, 2.24) is 4.98 Å². The molecule has 56 valence electrons. The molecule has 0 spiro atoms. The Labute approximate surface area is 60.2 Å². The Morgan fingerprint density at radius 3 is 2.60 bits per heavy atom. The van der Waals surface area contributed by atoms with Crippen molar-refractivity contribution < 1.29 is 4.74 Å². The Bertz CT molecular complexity index is 205. The molecular formula is C7H12N2O. The van der Waals surface area contributed by atoms with Crippen LogP contribution in [-0.2, 0) is 0 Å². The Morgan fingerprint density at radius 2 is 2.30 bits per heavy atom. The highest BCUT2D eigenvalue weighted by Gasteiger charge is 2.01. The molecule has 1 aromatic heterocycles. The normalized spacial score (nSPS) is 13.1. The summed E-state index contributed by atoms with van der Waals surface area (Å²) in [6.07, 6.45) is 0. The molecule has 3 heteroatoms. The molecule has 1 atom stereocenters. The fraction of sp³-hybridized carbons (Fsp3) is 0.429. The minimum absolute atomic E-state index is 0.0453. The molecule has 1 rings (SSSR count). The van der Waals surface area contributed by atoms with Crippen LogP contribution in [-0.4, -0.2) is 12.1 Å². The first-order valence-electron chi connectivity index (χ1n) is 3.22. The number of nitrogens with one attached hydrogen (secondary N) is 1. The number of aromatic nitrogens is 1. The van der Waals surface area contributed by atoms with Crippen molar-refractivity contribution in [1.29, 1.82) is 0 Å². The lowest BCUT2D eigenvalue weighted by molar-refractivity contribution is 0.399. The van der Waals surface area contributed by atoms with Crippen molar-refractivity contribution in [3.05, 3.63) is 17.8 Å². The first-order valence-corrected chi connectivity index (χ1v) is 3.22. The van der Waals surface area contributed by atoms with Gasteiger partial charge in [0.15, 0.2) is 5.88 Å². The second kappa shape index (κ2) is 2.75. The van der Waals surface area contributed by atoms with Gasteiger partial charge in [0.1, 0.15) is 0 Å². The smallest absolute Gasteiger partial charge is 0.190 e. The Morgan fingerprint density at radius 1 is 1.60 bits per heavy atom. The highest BCUT2D eigenvalue weighted by atomic mass is 16.5. The van der Waals surface area contributed by atoms with Crippen molar-refractivity contribution in [2.75, 3.05) is 7.11 Å². The van der Waals surface area contributed by atoms with Gasteiger partial charge in [-0.15, -0.1) is 0 Å². The van der Waals surface area contributed by atoms with E-state index in [0.717, 1.165) is 11.6 Å². The summed E-state index contributed by atoms with van der Waals surface area (Å²) in [6.45, 7) is 1.92. The molecule has 10 heavy (non-hydrogen) atoms. The van der Waals surface area contributed by atoms with Gasteiger partial charge >= 0.3 is 0 Å². The molecule has 3 N–H and O–H groups in total. The van der Waals surface area contributed by atoms with E-state index in [2.05, 4.69) is 4.98 Å². The van der Waals surface area contributed by atoms with Crippen LogP contribution < -0.4 is 10.5 Å². The predicted molar refractivity (Wildman–Crippen MR) is 39.9 cm³/mol. The fourth-order valence-corrected chi connectivity index (χ4v) is 0.776. The monoisotopic (exact) mass is 140 g/mol. The average Bonchev–Trinajstić information content (AvgIpc) is 2.34. The van der Waals surface area contributed by atoms with Crippen LogP contribution in [0.2, 0.25) is 0 Å².